The van der Waals surface area contributed by atoms with Gasteiger partial charge in [-0.1, -0.05) is 0 Å². The molecule has 0 spiro atoms. The monoisotopic (exact) mass is 253 g/mol. The molecule has 0 saturated carbocycles. The zero-order valence-corrected chi connectivity index (χ0v) is 8.55. The fourth-order valence-corrected chi connectivity index (χ4v) is 0. The van der Waals surface area contributed by atoms with Crippen molar-refractivity contribution in [2.24, 2.45) is 28.3 Å². The molecule has 10 heavy (non-hydrogen) atoms. The van der Waals surface area contributed by atoms with E-state index in [4.69, 9.17) is 58.5 Å². The van der Waals surface area contributed by atoms with E-state index < -0.39 is 6.28 Å². The summed E-state index contributed by atoms with van der Waals surface area (Å²) < 4.78 is 29.4. The third-order valence-corrected chi connectivity index (χ3v) is 0. The van der Waals surface area contributed by atoms with Gasteiger partial charge in [0.2, 0.25) is 0 Å². The quantitative estimate of drug-likeness (QED) is 0.310. The van der Waals surface area contributed by atoms with Crippen LogP contribution >= 0.6 is 30.1 Å². The fourth-order valence-electron chi connectivity index (χ4n) is 0. The van der Waals surface area contributed by atoms with E-state index in [-0.39, 0.29) is 0 Å². The van der Waals surface area contributed by atoms with Crippen LogP contribution in [-0.2, 0) is 6.28 Å². The third kappa shape index (κ3) is 452. The summed E-state index contributed by atoms with van der Waals surface area (Å²) in [6.07, 6.45) is -8.18. The Kier molecular flexibility index (Phi) is 0.690. The zero-order valence-electron chi connectivity index (χ0n) is 5.01. The van der Waals surface area contributed by atoms with E-state index in [1.165, 1.54) is 0 Å². The maximum absolute atomic E-state index is 8.18. The molecule has 12 N–H and O–H groups in total. The molecule has 0 aliphatic rings. The van der Waals surface area contributed by atoms with E-state index in [0.717, 1.165) is 0 Å². The Labute approximate surface area is 64.8 Å². The van der Waals surface area contributed by atoms with Crippen molar-refractivity contribution in [2.45, 2.75) is 0 Å². The Morgan fingerprint density at radius 2 is 0.600 bits per heavy atom. The second kappa shape index (κ2) is 0.618. The molecule has 0 saturated heterocycles. The number of hydrogen-bond acceptors (Lipinski definition) is 6. The maximum atomic E-state index is 5.14. The summed E-state index contributed by atoms with van der Waals surface area (Å²) in [6, 6.07) is 0. The molecule has 0 bridgehead atoms. The summed E-state index contributed by atoms with van der Waals surface area (Å²) >= 11 is 0. The summed E-state index contributed by atoms with van der Waals surface area (Å²) in [6.45, 7) is 0. The van der Waals surface area contributed by atoms with E-state index in [1.54, 1.807) is 0 Å². The van der Waals surface area contributed by atoms with Crippen molar-refractivity contribution in [1.82, 2.24) is 0 Å². The normalized spacial score (nSPS) is 35.1. The Balaban J connectivity index is 6.55. The van der Waals surface area contributed by atoms with Crippen molar-refractivity contribution < 1.29 is 6.28 Å². The number of halogens is 3. The van der Waals surface area contributed by atoms with Crippen LogP contribution in [0, 0.1) is 0 Å². The van der Waals surface area contributed by atoms with E-state index in [2.05, 4.69) is 0 Å². The molecule has 0 rings (SSSR count). The summed E-state index contributed by atoms with van der Waals surface area (Å²) in [7, 11) is 15.4. The molecular weight excluding hydrogens is 242 g/mol. The molecule has 0 fully saturated rings. The Bertz CT molecular complexity index is 199. The van der Waals surface area contributed by atoms with Crippen molar-refractivity contribution in [3.8, 4) is 0 Å². The molecule has 0 amide bonds. The molecular formula is H12Cl3CrN6. The van der Waals surface area contributed by atoms with Crippen LogP contribution in [0.15, 0.2) is 0 Å². The first-order chi connectivity index (χ1) is 3.00. The SMILES string of the molecule is [NH2][Cr]([NH2])([NH2])([NH2])([NH2])([NH2])([Cl])([Cl])[Cl]. The van der Waals surface area contributed by atoms with Crippen LogP contribution in [0.5, 0.6) is 0 Å². The van der Waals surface area contributed by atoms with Gasteiger partial charge in [-0.2, -0.15) is 0 Å². The first-order valence-electron chi connectivity index (χ1n) is 1.88. The predicted molar refractivity (Wildman–Crippen MR) is 42.7 cm³/mol. The van der Waals surface area contributed by atoms with Crippen LogP contribution in [0.25, 0.3) is 0 Å². The summed E-state index contributed by atoms with van der Waals surface area (Å²) in [5.41, 5.74) is 0. The van der Waals surface area contributed by atoms with Gasteiger partial charge in [0.1, 0.15) is 0 Å². The second-order valence-corrected chi connectivity index (χ2v) is 34.7. The van der Waals surface area contributed by atoms with Gasteiger partial charge in [-0.15, -0.1) is 0 Å². The van der Waals surface area contributed by atoms with E-state index in [1.807, 2.05) is 0 Å². The van der Waals surface area contributed by atoms with Crippen molar-refractivity contribution in [3.05, 3.63) is 0 Å². The van der Waals surface area contributed by atoms with E-state index in [0.29, 0.717) is 0 Å². The fraction of sp³-hybridized carbons (Fsp3) is 0. The van der Waals surface area contributed by atoms with Gasteiger partial charge < -0.3 is 0 Å². The van der Waals surface area contributed by atoms with Crippen LogP contribution in [0.1, 0.15) is 0 Å². The molecule has 0 radical (unpaired) electrons. The van der Waals surface area contributed by atoms with Crippen LogP contribution in [0.2, 0.25) is 0 Å². The first kappa shape index (κ1) is 11.2. The molecule has 0 aromatic rings. The predicted octanol–water partition coefficient (Wildman–Crippen LogP) is -1.48. The van der Waals surface area contributed by atoms with E-state index >= 15 is 0 Å². The molecule has 0 aliphatic heterocycles. The number of hydrogen-bond donors (Lipinski definition) is 6. The van der Waals surface area contributed by atoms with Crippen molar-refractivity contribution in [3.63, 3.8) is 0 Å². The van der Waals surface area contributed by atoms with Crippen LogP contribution in [0.3, 0.4) is 0 Å². The van der Waals surface area contributed by atoms with Crippen molar-refractivity contribution in [1.29, 1.82) is 0 Å². The summed E-state index contributed by atoms with van der Waals surface area (Å²) in [5.74, 6) is 0. The molecule has 6 nitrogen and oxygen atoms in total. The molecule has 0 heterocycles. The van der Waals surface area contributed by atoms with Crippen LogP contribution in [0.4, 0.5) is 0 Å². The van der Waals surface area contributed by atoms with Crippen LogP contribution in [-0.4, -0.2) is 0 Å². The molecule has 69 valence electrons. The average Bonchev–Trinajstić information content (AvgIpc) is 0.469. The van der Waals surface area contributed by atoms with Crippen molar-refractivity contribution in [2.75, 3.05) is 0 Å². The topological polar surface area (TPSA) is 156 Å². The van der Waals surface area contributed by atoms with Gasteiger partial charge in [0.05, 0.1) is 0 Å². The van der Waals surface area contributed by atoms with Gasteiger partial charge >= 0.3 is 64.7 Å². The molecule has 0 aliphatic carbocycles. The Hall–Kier alpha value is 1.16. The minimum atomic E-state index is -8.18. The van der Waals surface area contributed by atoms with Gasteiger partial charge in [-0.05, 0) is 0 Å². The van der Waals surface area contributed by atoms with Crippen molar-refractivity contribution >= 4 is 30.1 Å². The first-order valence-corrected chi connectivity index (χ1v) is 11.6. The average molecular weight is 254 g/mol. The van der Waals surface area contributed by atoms with E-state index in [9.17, 15) is 0 Å². The molecule has 0 unspecified atom stereocenters. The van der Waals surface area contributed by atoms with Gasteiger partial charge in [-0.25, -0.2) is 0 Å². The molecule has 0 atom stereocenters. The summed E-state index contributed by atoms with van der Waals surface area (Å²) in [4.78, 5) is 0. The molecule has 10 heteroatoms. The number of rotatable bonds is 0. The van der Waals surface area contributed by atoms with Gasteiger partial charge in [-0.3, -0.25) is 0 Å². The standard InChI is InChI=1S/3ClH.Cr.6H2N/h3*1H;;6*1H2/q;;;+9;6*-1/p-3. The van der Waals surface area contributed by atoms with Gasteiger partial charge in [0, 0.05) is 0 Å². The Morgan fingerprint density at radius 3 is 0.600 bits per heavy atom. The van der Waals surface area contributed by atoms with Gasteiger partial charge in [0.25, 0.3) is 0 Å². The molecule has 0 aromatic carbocycles. The zero-order chi connectivity index (χ0) is 9.33. The Morgan fingerprint density at radius 1 is 0.600 bits per heavy atom. The summed E-state index contributed by atoms with van der Waals surface area (Å²) in [5, 5.41) is 0. The van der Waals surface area contributed by atoms with Crippen LogP contribution < -0.4 is 28.3 Å². The van der Waals surface area contributed by atoms with Gasteiger partial charge in [0.15, 0.2) is 0 Å². The minimum absolute atomic E-state index is 4.89. The molecule has 0 aromatic heterocycles. The third-order valence-electron chi connectivity index (χ3n) is 0. The second-order valence-electron chi connectivity index (χ2n) is 3.82. The number of nitrogens with two attached hydrogens (primary N) is 6.